The van der Waals surface area contributed by atoms with Crippen LogP contribution in [0.3, 0.4) is 0 Å². The van der Waals surface area contributed by atoms with Crippen LogP contribution in [0.25, 0.3) is 0 Å². The van der Waals surface area contributed by atoms with Crippen molar-refractivity contribution in [1.29, 1.82) is 0 Å². The van der Waals surface area contributed by atoms with Gasteiger partial charge in [0.15, 0.2) is 5.60 Å². The number of amides is 3. The Balaban J connectivity index is 1.41. The number of methoxy groups -OCH3 is 1. The predicted molar refractivity (Wildman–Crippen MR) is 185 cm³/mol. The summed E-state index contributed by atoms with van der Waals surface area (Å²) in [6.07, 6.45) is 8.82. The van der Waals surface area contributed by atoms with E-state index in [0.29, 0.717) is 55.5 Å². The van der Waals surface area contributed by atoms with Gasteiger partial charge in [0.1, 0.15) is 17.1 Å². The molecule has 0 radical (unpaired) electrons. The van der Waals surface area contributed by atoms with Crippen molar-refractivity contribution < 1.29 is 33.4 Å². The number of hydrogen-bond donors (Lipinski definition) is 0. The molecule has 1 saturated heterocycles. The maximum atomic E-state index is 14.6. The maximum absolute atomic E-state index is 14.6. The Hall–Kier alpha value is -3.14. The van der Waals surface area contributed by atoms with Crippen molar-refractivity contribution in [3.8, 4) is 5.75 Å². The van der Waals surface area contributed by atoms with Gasteiger partial charge in [0.05, 0.1) is 11.6 Å². The molecule has 1 aromatic carbocycles. The van der Waals surface area contributed by atoms with E-state index in [1.54, 1.807) is 30.8 Å². The van der Waals surface area contributed by atoms with Crippen molar-refractivity contribution in [2.75, 3.05) is 43.2 Å². The summed E-state index contributed by atoms with van der Waals surface area (Å²) in [5.41, 5.74) is -0.390. The third-order valence-corrected chi connectivity index (χ3v) is 10.4. The number of benzene rings is 1. The van der Waals surface area contributed by atoms with Crippen molar-refractivity contribution >= 4 is 35.1 Å². The average Bonchev–Trinajstić information content (AvgIpc) is 3.87. The minimum atomic E-state index is -1.02. The van der Waals surface area contributed by atoms with Crippen LogP contribution < -0.4 is 14.5 Å². The molecule has 5 rings (SSSR count). The Morgan fingerprint density at radius 3 is 2.38 bits per heavy atom. The number of carbonyl (C=O) groups is 4. The number of fused-ring (bicyclic) bond motifs is 1. The maximum Gasteiger partial charge on any atom is 0.410 e. The molecule has 0 aromatic heterocycles. The third kappa shape index (κ3) is 8.52. The largest absolute Gasteiger partial charge is 0.476 e. The van der Waals surface area contributed by atoms with Gasteiger partial charge in [-0.3, -0.25) is 14.4 Å². The second-order valence-electron chi connectivity index (χ2n) is 16.1. The van der Waals surface area contributed by atoms with Gasteiger partial charge in [-0.2, -0.15) is 0 Å². The van der Waals surface area contributed by atoms with E-state index < -0.39 is 29.1 Å². The summed E-state index contributed by atoms with van der Waals surface area (Å²) < 4.78 is 17.1. The lowest BCUT2D eigenvalue weighted by Crippen LogP contribution is -2.53. The van der Waals surface area contributed by atoms with E-state index >= 15 is 0 Å². The first kappa shape index (κ1) is 36.1. The lowest BCUT2D eigenvalue weighted by atomic mass is 9.76. The summed E-state index contributed by atoms with van der Waals surface area (Å²) in [6, 6.07) is 5.63. The van der Waals surface area contributed by atoms with Crippen LogP contribution in [0.1, 0.15) is 106 Å². The molecular weight excluding hydrogens is 610 g/mol. The van der Waals surface area contributed by atoms with Crippen molar-refractivity contribution in [1.82, 2.24) is 4.90 Å². The molecule has 48 heavy (non-hydrogen) atoms. The van der Waals surface area contributed by atoms with Crippen LogP contribution in [0.5, 0.6) is 5.75 Å². The number of hydrogen-bond acceptors (Lipinski definition) is 7. The topological polar surface area (TPSA) is 106 Å². The van der Waals surface area contributed by atoms with Crippen LogP contribution in [0.2, 0.25) is 0 Å². The Labute approximate surface area is 286 Å². The molecule has 4 aliphatic rings. The molecule has 2 aliphatic carbocycles. The Kier molecular flexibility index (Phi) is 11.1. The highest BCUT2D eigenvalue weighted by atomic mass is 16.6. The third-order valence-electron chi connectivity index (χ3n) is 10.4. The molecule has 266 valence electrons. The van der Waals surface area contributed by atoms with E-state index in [1.807, 2.05) is 43.9 Å². The van der Waals surface area contributed by atoms with E-state index in [-0.39, 0.29) is 42.6 Å². The zero-order valence-electron chi connectivity index (χ0n) is 30.2. The minimum absolute atomic E-state index is 0.0199. The lowest BCUT2D eigenvalue weighted by Gasteiger charge is -2.41. The van der Waals surface area contributed by atoms with Crippen LogP contribution in [-0.2, 0) is 23.9 Å². The van der Waals surface area contributed by atoms with E-state index in [1.165, 1.54) is 32.1 Å². The van der Waals surface area contributed by atoms with E-state index in [4.69, 9.17) is 14.2 Å². The molecule has 0 bridgehead atoms. The van der Waals surface area contributed by atoms with Gasteiger partial charge in [-0.1, -0.05) is 39.0 Å². The molecule has 0 spiro atoms. The molecular formula is C38H57N3O7. The number of ketones is 1. The number of nitrogens with zero attached hydrogens (tertiary/aromatic N) is 3. The van der Waals surface area contributed by atoms with Crippen molar-refractivity contribution in [2.45, 2.75) is 123 Å². The summed E-state index contributed by atoms with van der Waals surface area (Å²) in [4.78, 5) is 60.5. The Morgan fingerprint density at radius 2 is 1.73 bits per heavy atom. The summed E-state index contributed by atoms with van der Waals surface area (Å²) in [5.74, 6) is 0.331. The number of likely N-dealkylation sites (tertiary alicyclic amines) is 1. The van der Waals surface area contributed by atoms with Crippen LogP contribution >= 0.6 is 0 Å². The van der Waals surface area contributed by atoms with Gasteiger partial charge in [0.25, 0.3) is 5.91 Å². The number of anilines is 2. The normalized spacial score (nSPS) is 23.6. The number of carbonyl (C=O) groups excluding carboxylic acids is 4. The zero-order valence-corrected chi connectivity index (χ0v) is 30.2. The fourth-order valence-corrected chi connectivity index (χ4v) is 7.68. The summed E-state index contributed by atoms with van der Waals surface area (Å²) in [7, 11) is 1.64. The number of Topliss-reactive ketones (excluding diaryl/α,β-unsaturated/α-hetero) is 1. The molecule has 0 N–H and O–H groups in total. The zero-order chi connectivity index (χ0) is 34.8. The molecule has 2 heterocycles. The molecule has 0 unspecified atom stereocenters. The SMILES string of the molecule is COCCCN1C(=O)C(C)(C)Oc2ccc(N(C(=O)[C@@H]3C[C@H](C(=O)C[C@H](C)C4CCCCC4)CN(C(=O)OC(C)(C)C)C3)C3CC3)cc21. The lowest BCUT2D eigenvalue weighted by molar-refractivity contribution is -0.133. The highest BCUT2D eigenvalue weighted by Crippen LogP contribution is 2.43. The number of rotatable bonds is 11. The van der Waals surface area contributed by atoms with Crippen LogP contribution in [0, 0.1) is 23.7 Å². The molecule has 2 aliphatic heterocycles. The highest BCUT2D eigenvalue weighted by molar-refractivity contribution is 6.04. The van der Waals surface area contributed by atoms with Gasteiger partial charge >= 0.3 is 6.09 Å². The average molecular weight is 668 g/mol. The first-order chi connectivity index (χ1) is 22.7. The van der Waals surface area contributed by atoms with Gasteiger partial charge in [-0.25, -0.2) is 4.79 Å². The highest BCUT2D eigenvalue weighted by Gasteiger charge is 2.45. The quantitative estimate of drug-likeness (QED) is 0.240. The van der Waals surface area contributed by atoms with Gasteiger partial charge in [-0.05, 0) is 90.3 Å². The van der Waals surface area contributed by atoms with Gasteiger partial charge < -0.3 is 28.9 Å². The molecule has 10 nitrogen and oxygen atoms in total. The fourth-order valence-electron chi connectivity index (χ4n) is 7.68. The smallest absolute Gasteiger partial charge is 0.410 e. The Morgan fingerprint density at radius 1 is 1.04 bits per heavy atom. The van der Waals surface area contributed by atoms with E-state index in [0.717, 1.165) is 12.8 Å². The fraction of sp³-hybridized carbons (Fsp3) is 0.737. The molecule has 3 atom stereocenters. The van der Waals surface area contributed by atoms with Crippen LogP contribution in [0.4, 0.5) is 16.2 Å². The number of ether oxygens (including phenoxy) is 3. The van der Waals surface area contributed by atoms with Crippen molar-refractivity contribution in [3.63, 3.8) is 0 Å². The van der Waals surface area contributed by atoms with Gasteiger partial charge in [-0.15, -0.1) is 0 Å². The molecule has 3 amide bonds. The van der Waals surface area contributed by atoms with Crippen LogP contribution in [0.15, 0.2) is 18.2 Å². The molecule has 10 heteroatoms. The Bertz CT molecular complexity index is 1340. The molecule has 2 saturated carbocycles. The minimum Gasteiger partial charge on any atom is -0.476 e. The van der Waals surface area contributed by atoms with Crippen molar-refractivity contribution in [2.24, 2.45) is 23.7 Å². The first-order valence-electron chi connectivity index (χ1n) is 18.2. The van der Waals surface area contributed by atoms with E-state index in [9.17, 15) is 19.2 Å². The van der Waals surface area contributed by atoms with E-state index in [2.05, 4.69) is 6.92 Å². The first-order valence-corrected chi connectivity index (χ1v) is 18.2. The molecule has 3 fully saturated rings. The second-order valence-corrected chi connectivity index (χ2v) is 16.1. The number of piperidine rings is 1. The predicted octanol–water partition coefficient (Wildman–Crippen LogP) is 6.77. The summed E-state index contributed by atoms with van der Waals surface area (Å²) in [5, 5.41) is 0. The van der Waals surface area contributed by atoms with Crippen LogP contribution in [-0.4, -0.2) is 79.2 Å². The summed E-state index contributed by atoms with van der Waals surface area (Å²) in [6.45, 7) is 12.6. The standard InChI is InChI=1S/C38H57N3O7/c1-25(26-12-9-8-10-13-26)20-32(42)27-21-28(24-39(23-27)36(45)48-37(2,3)4)34(43)41(29-14-15-29)30-16-17-33-31(22-30)40(18-11-19-46-7)35(44)38(5,6)47-33/h16-17,22,25-29H,8-15,18-21,23-24H2,1-7H3/t25-,27-,28+/m0/s1. The molecule has 1 aromatic rings. The van der Waals surface area contributed by atoms with Crippen molar-refractivity contribution in [3.05, 3.63) is 18.2 Å². The monoisotopic (exact) mass is 667 g/mol. The second kappa shape index (κ2) is 14.8. The van der Waals surface area contributed by atoms with Gasteiger partial charge in [0.2, 0.25) is 5.91 Å². The summed E-state index contributed by atoms with van der Waals surface area (Å²) >= 11 is 0. The van der Waals surface area contributed by atoms with Gasteiger partial charge in [0, 0.05) is 57.4 Å².